The normalized spacial score (nSPS) is 15.9. The molecule has 1 aliphatic rings. The Kier molecular flexibility index (Phi) is 6.56. The zero-order chi connectivity index (χ0) is 15.8. The summed E-state index contributed by atoms with van der Waals surface area (Å²) in [6.45, 7) is 2.67. The Balaban J connectivity index is 1.75. The molecule has 0 heterocycles. The van der Waals surface area contributed by atoms with Crippen LogP contribution in [0.15, 0.2) is 18.2 Å². The Morgan fingerprint density at radius 2 is 1.95 bits per heavy atom. The molecular weight excluding hydrogens is 276 g/mol. The summed E-state index contributed by atoms with van der Waals surface area (Å²) in [5, 5.41) is 6.47. The number of nitrogens with one attached hydrogen (secondary N) is 2. The van der Waals surface area contributed by atoms with Crippen LogP contribution in [-0.4, -0.2) is 25.6 Å². The van der Waals surface area contributed by atoms with E-state index in [0.717, 1.165) is 24.3 Å². The van der Waals surface area contributed by atoms with E-state index in [4.69, 9.17) is 4.74 Å². The minimum atomic E-state index is 0.144. The summed E-state index contributed by atoms with van der Waals surface area (Å²) in [4.78, 5) is 12.1. The lowest BCUT2D eigenvalue weighted by Gasteiger charge is -2.17. The lowest BCUT2D eigenvalue weighted by molar-refractivity contribution is -0.121. The van der Waals surface area contributed by atoms with Gasteiger partial charge in [0.15, 0.2) is 0 Å². The molecule has 0 saturated heterocycles. The second-order valence-electron chi connectivity index (χ2n) is 6.14. The summed E-state index contributed by atoms with van der Waals surface area (Å²) < 4.78 is 5.33. The molecule has 1 aromatic rings. The molecule has 22 heavy (non-hydrogen) atoms. The van der Waals surface area contributed by atoms with E-state index in [1.807, 2.05) is 25.1 Å². The van der Waals surface area contributed by atoms with Gasteiger partial charge in [0.25, 0.3) is 0 Å². The van der Waals surface area contributed by atoms with Crippen LogP contribution in [0.3, 0.4) is 0 Å². The molecule has 4 nitrogen and oxygen atoms in total. The van der Waals surface area contributed by atoms with Crippen LogP contribution in [0.1, 0.15) is 50.5 Å². The Labute approximate surface area is 133 Å². The molecule has 1 aliphatic carbocycles. The lowest BCUT2D eigenvalue weighted by Crippen LogP contribution is -2.35. The fraction of sp³-hybridized carbons (Fsp3) is 0.611. The molecule has 0 bridgehead atoms. The maximum atomic E-state index is 12.1. The maximum absolute atomic E-state index is 12.1. The molecule has 122 valence electrons. The third-order valence-corrected chi connectivity index (χ3v) is 4.24. The molecule has 2 N–H and O–H groups in total. The van der Waals surface area contributed by atoms with E-state index in [1.54, 1.807) is 7.11 Å². The third-order valence-electron chi connectivity index (χ3n) is 4.24. The van der Waals surface area contributed by atoms with Crippen molar-refractivity contribution in [2.24, 2.45) is 0 Å². The van der Waals surface area contributed by atoms with Crippen LogP contribution in [0.25, 0.3) is 0 Å². The van der Waals surface area contributed by atoms with E-state index in [9.17, 15) is 4.79 Å². The second kappa shape index (κ2) is 8.66. The first kappa shape index (κ1) is 16.7. The van der Waals surface area contributed by atoms with E-state index in [2.05, 4.69) is 10.6 Å². The minimum Gasteiger partial charge on any atom is -0.495 e. The molecule has 0 spiro atoms. The van der Waals surface area contributed by atoms with E-state index in [1.165, 1.54) is 31.2 Å². The van der Waals surface area contributed by atoms with Crippen molar-refractivity contribution in [1.82, 2.24) is 5.32 Å². The fourth-order valence-corrected chi connectivity index (χ4v) is 2.99. The molecule has 0 radical (unpaired) electrons. The van der Waals surface area contributed by atoms with Crippen molar-refractivity contribution >= 4 is 11.6 Å². The van der Waals surface area contributed by atoms with E-state index < -0.39 is 0 Å². The molecule has 4 heteroatoms. The number of aryl methyl sites for hydroxylation is 1. The summed E-state index contributed by atoms with van der Waals surface area (Å²) in [5.74, 6) is 0.959. The highest BCUT2D eigenvalue weighted by molar-refractivity contribution is 5.77. The Hall–Kier alpha value is -1.71. The number of carbonyl (C=O) groups excluding carboxylic acids is 1. The minimum absolute atomic E-state index is 0.144. The first-order valence-corrected chi connectivity index (χ1v) is 8.37. The first-order chi connectivity index (χ1) is 10.7. The monoisotopic (exact) mass is 304 g/mol. The Morgan fingerprint density at radius 1 is 1.23 bits per heavy atom. The lowest BCUT2D eigenvalue weighted by atomic mass is 10.1. The largest absolute Gasteiger partial charge is 0.495 e. The fourth-order valence-electron chi connectivity index (χ4n) is 2.99. The van der Waals surface area contributed by atoms with E-state index in [0.29, 0.717) is 19.0 Å². The highest BCUT2D eigenvalue weighted by Gasteiger charge is 2.14. The van der Waals surface area contributed by atoms with Gasteiger partial charge in [0.2, 0.25) is 5.91 Å². The van der Waals surface area contributed by atoms with Gasteiger partial charge >= 0.3 is 0 Å². The van der Waals surface area contributed by atoms with Gasteiger partial charge in [-0.25, -0.2) is 0 Å². The van der Waals surface area contributed by atoms with Gasteiger partial charge in [-0.2, -0.15) is 0 Å². The molecule has 0 atom stereocenters. The number of anilines is 1. The van der Waals surface area contributed by atoms with Gasteiger partial charge in [-0.15, -0.1) is 0 Å². The van der Waals surface area contributed by atoms with Crippen molar-refractivity contribution in [2.45, 2.75) is 57.9 Å². The zero-order valence-electron chi connectivity index (χ0n) is 13.8. The van der Waals surface area contributed by atoms with Crippen molar-refractivity contribution in [3.63, 3.8) is 0 Å². The average Bonchev–Trinajstić information content (AvgIpc) is 2.76. The smallest absolute Gasteiger partial charge is 0.221 e. The molecule has 1 amide bonds. The second-order valence-corrected chi connectivity index (χ2v) is 6.14. The molecule has 2 rings (SSSR count). The molecule has 1 fully saturated rings. The summed E-state index contributed by atoms with van der Waals surface area (Å²) >= 11 is 0. The van der Waals surface area contributed by atoms with Crippen molar-refractivity contribution in [3.8, 4) is 5.75 Å². The number of carbonyl (C=O) groups is 1. The SMILES string of the molecule is COc1ccc(C)cc1NCCC(=O)NC1CCCCCC1. The van der Waals surface area contributed by atoms with Gasteiger partial charge in [0.05, 0.1) is 12.8 Å². The van der Waals surface area contributed by atoms with E-state index >= 15 is 0 Å². The molecule has 0 unspecified atom stereocenters. The Bertz CT molecular complexity index is 480. The van der Waals surface area contributed by atoms with Gasteiger partial charge in [0, 0.05) is 19.0 Å². The predicted octanol–water partition coefficient (Wildman–Crippen LogP) is 3.64. The quantitative estimate of drug-likeness (QED) is 0.789. The van der Waals surface area contributed by atoms with Gasteiger partial charge < -0.3 is 15.4 Å². The number of benzene rings is 1. The van der Waals surface area contributed by atoms with Gasteiger partial charge in [-0.05, 0) is 37.5 Å². The van der Waals surface area contributed by atoms with Crippen molar-refractivity contribution in [3.05, 3.63) is 23.8 Å². The molecule has 1 aromatic carbocycles. The van der Waals surface area contributed by atoms with Crippen LogP contribution in [-0.2, 0) is 4.79 Å². The van der Waals surface area contributed by atoms with Crippen LogP contribution in [0.2, 0.25) is 0 Å². The average molecular weight is 304 g/mol. The topological polar surface area (TPSA) is 50.4 Å². The Morgan fingerprint density at radius 3 is 2.64 bits per heavy atom. The summed E-state index contributed by atoms with van der Waals surface area (Å²) in [5.41, 5.74) is 2.12. The molecule has 0 aromatic heterocycles. The maximum Gasteiger partial charge on any atom is 0.221 e. The van der Waals surface area contributed by atoms with Gasteiger partial charge in [0.1, 0.15) is 5.75 Å². The van der Waals surface area contributed by atoms with Crippen molar-refractivity contribution in [2.75, 3.05) is 19.0 Å². The van der Waals surface area contributed by atoms with Crippen molar-refractivity contribution < 1.29 is 9.53 Å². The number of amides is 1. The van der Waals surface area contributed by atoms with Crippen LogP contribution < -0.4 is 15.4 Å². The van der Waals surface area contributed by atoms with Crippen LogP contribution in [0, 0.1) is 6.92 Å². The van der Waals surface area contributed by atoms with Gasteiger partial charge in [-0.3, -0.25) is 4.79 Å². The van der Waals surface area contributed by atoms with Crippen LogP contribution in [0.4, 0.5) is 5.69 Å². The standard InChI is InChI=1S/C18H28N2O2/c1-14-9-10-17(22-2)16(13-14)19-12-11-18(21)20-15-7-5-3-4-6-8-15/h9-10,13,15,19H,3-8,11-12H2,1-2H3,(H,20,21). The van der Waals surface area contributed by atoms with Crippen LogP contribution in [0.5, 0.6) is 5.75 Å². The first-order valence-electron chi connectivity index (χ1n) is 8.37. The highest BCUT2D eigenvalue weighted by Crippen LogP contribution is 2.25. The summed E-state index contributed by atoms with van der Waals surface area (Å²) in [6, 6.07) is 6.39. The molecule has 1 saturated carbocycles. The number of rotatable bonds is 6. The number of hydrogen-bond acceptors (Lipinski definition) is 3. The highest BCUT2D eigenvalue weighted by atomic mass is 16.5. The van der Waals surface area contributed by atoms with E-state index in [-0.39, 0.29) is 5.91 Å². The third kappa shape index (κ3) is 5.24. The number of ether oxygens (including phenoxy) is 1. The van der Waals surface area contributed by atoms with Crippen LogP contribution >= 0.6 is 0 Å². The van der Waals surface area contributed by atoms with Crippen molar-refractivity contribution in [1.29, 1.82) is 0 Å². The molecular formula is C18H28N2O2. The predicted molar refractivity (Wildman–Crippen MR) is 90.5 cm³/mol. The van der Waals surface area contributed by atoms with Gasteiger partial charge in [-0.1, -0.05) is 31.7 Å². The summed E-state index contributed by atoms with van der Waals surface area (Å²) in [6.07, 6.45) is 7.85. The zero-order valence-corrected chi connectivity index (χ0v) is 13.8. The number of hydrogen-bond donors (Lipinski definition) is 2. The summed E-state index contributed by atoms with van der Waals surface area (Å²) in [7, 11) is 1.66. The molecule has 0 aliphatic heterocycles. The number of methoxy groups -OCH3 is 1.